The van der Waals surface area contributed by atoms with Gasteiger partial charge in [0.05, 0.1) is 24.5 Å². The van der Waals surface area contributed by atoms with Gasteiger partial charge in [0.15, 0.2) is 0 Å². The smallest absolute Gasteiger partial charge is 0.416 e. The van der Waals surface area contributed by atoms with Gasteiger partial charge in [-0.3, -0.25) is 4.68 Å². The van der Waals surface area contributed by atoms with Crippen molar-refractivity contribution in [2.45, 2.75) is 26.2 Å². The molecule has 4 heterocycles. The summed E-state index contributed by atoms with van der Waals surface area (Å²) in [6.45, 7) is 6.17. The van der Waals surface area contributed by atoms with Gasteiger partial charge < -0.3 is 15.2 Å². The summed E-state index contributed by atoms with van der Waals surface area (Å²) in [7, 11) is 3.34. The molecule has 9 heteroatoms. The number of fused-ring (bicyclic) bond motifs is 1. The van der Waals surface area contributed by atoms with Gasteiger partial charge in [0, 0.05) is 42.7 Å². The monoisotopic (exact) mass is 420 g/mol. The molecule has 0 radical (unpaired) electrons. The van der Waals surface area contributed by atoms with E-state index in [1.54, 1.807) is 42.5 Å². The Labute approximate surface area is 179 Å². The number of carboxylic acid groups (broad SMARTS) is 1. The molecule has 0 bridgehead atoms. The minimum Gasteiger partial charge on any atom is -0.480 e. The van der Waals surface area contributed by atoms with Crippen molar-refractivity contribution >= 4 is 28.5 Å². The maximum Gasteiger partial charge on any atom is 0.416 e. The van der Waals surface area contributed by atoms with Crippen LogP contribution < -0.4 is 10.1 Å². The fraction of sp³-hybridized carbons (Fsp3) is 0.273. The standard InChI is InChI=1S/C22H24N6O3/c1-22(2,3)18-14-11-24-17(26-15-7-6-8-23-20(15)31-5)9-16(14)28(21(29)30)19(18)13-10-25-27(4)12-13/h6-12H,1-5H3,(H,24,26)(H,29,30). The second-order valence-electron chi connectivity index (χ2n) is 8.27. The van der Waals surface area contributed by atoms with E-state index in [2.05, 4.69) is 41.2 Å². The molecule has 4 aromatic rings. The lowest BCUT2D eigenvalue weighted by Gasteiger charge is -2.20. The predicted molar refractivity (Wildman–Crippen MR) is 118 cm³/mol. The van der Waals surface area contributed by atoms with E-state index in [1.165, 1.54) is 11.7 Å². The molecule has 0 aliphatic rings. The van der Waals surface area contributed by atoms with Crippen molar-refractivity contribution in [1.82, 2.24) is 24.3 Å². The summed E-state index contributed by atoms with van der Waals surface area (Å²) in [5.74, 6) is 0.904. The van der Waals surface area contributed by atoms with Crippen molar-refractivity contribution in [3.8, 4) is 17.1 Å². The van der Waals surface area contributed by atoms with Crippen LogP contribution in [0.2, 0.25) is 0 Å². The van der Waals surface area contributed by atoms with Crippen molar-refractivity contribution in [2.75, 3.05) is 12.4 Å². The fourth-order valence-electron chi connectivity index (χ4n) is 3.81. The molecule has 160 valence electrons. The highest BCUT2D eigenvalue weighted by Gasteiger charge is 2.30. The van der Waals surface area contributed by atoms with Crippen LogP contribution in [0, 0.1) is 0 Å². The van der Waals surface area contributed by atoms with Gasteiger partial charge in [0.2, 0.25) is 5.88 Å². The number of nitrogens with one attached hydrogen (secondary N) is 1. The molecular formula is C22H24N6O3. The Bertz CT molecular complexity index is 1280. The SMILES string of the molecule is COc1ncccc1Nc1cc2c(cn1)c(C(C)(C)C)c(-c1cnn(C)c1)n2C(=O)O. The molecule has 0 saturated heterocycles. The summed E-state index contributed by atoms with van der Waals surface area (Å²) >= 11 is 0. The Kier molecular flexibility index (Phi) is 4.88. The Morgan fingerprint density at radius 2 is 2.00 bits per heavy atom. The van der Waals surface area contributed by atoms with Gasteiger partial charge in [-0.2, -0.15) is 5.10 Å². The van der Waals surface area contributed by atoms with Gasteiger partial charge in [-0.25, -0.2) is 19.3 Å². The molecule has 0 aliphatic carbocycles. The second kappa shape index (κ2) is 7.42. The summed E-state index contributed by atoms with van der Waals surface area (Å²) in [4.78, 5) is 21.1. The number of rotatable bonds is 4. The molecule has 0 saturated carbocycles. The van der Waals surface area contributed by atoms with E-state index in [0.29, 0.717) is 28.6 Å². The third-order valence-corrected chi connectivity index (χ3v) is 5.00. The average Bonchev–Trinajstić information content (AvgIpc) is 3.28. The zero-order valence-corrected chi connectivity index (χ0v) is 18.0. The topological polar surface area (TPSA) is 107 Å². The first kappa shape index (κ1) is 20.4. The first-order chi connectivity index (χ1) is 14.7. The summed E-state index contributed by atoms with van der Waals surface area (Å²) in [6, 6.07) is 5.32. The van der Waals surface area contributed by atoms with Crippen molar-refractivity contribution in [3.63, 3.8) is 0 Å². The van der Waals surface area contributed by atoms with E-state index in [1.807, 2.05) is 12.3 Å². The quantitative estimate of drug-likeness (QED) is 0.504. The van der Waals surface area contributed by atoms with Gasteiger partial charge in [0.25, 0.3) is 0 Å². The molecule has 9 nitrogen and oxygen atoms in total. The number of ether oxygens (including phenoxy) is 1. The highest BCUT2D eigenvalue weighted by atomic mass is 16.5. The van der Waals surface area contributed by atoms with Gasteiger partial charge >= 0.3 is 6.09 Å². The molecule has 4 aromatic heterocycles. The fourth-order valence-corrected chi connectivity index (χ4v) is 3.81. The molecule has 31 heavy (non-hydrogen) atoms. The van der Waals surface area contributed by atoms with E-state index in [9.17, 15) is 9.90 Å². The van der Waals surface area contributed by atoms with Crippen LogP contribution in [0.1, 0.15) is 26.3 Å². The van der Waals surface area contributed by atoms with Crippen LogP contribution in [-0.2, 0) is 12.5 Å². The van der Waals surface area contributed by atoms with E-state index in [4.69, 9.17) is 4.74 Å². The lowest BCUT2D eigenvalue weighted by molar-refractivity contribution is 0.198. The lowest BCUT2D eigenvalue weighted by atomic mass is 9.84. The van der Waals surface area contributed by atoms with Crippen molar-refractivity contribution in [3.05, 3.63) is 48.5 Å². The molecule has 0 atom stereocenters. The van der Waals surface area contributed by atoms with E-state index < -0.39 is 6.09 Å². The normalized spacial score (nSPS) is 11.6. The molecule has 0 aromatic carbocycles. The van der Waals surface area contributed by atoms with Crippen molar-refractivity contribution < 1.29 is 14.6 Å². The first-order valence-electron chi connectivity index (χ1n) is 9.74. The van der Waals surface area contributed by atoms with Gasteiger partial charge in [-0.15, -0.1) is 0 Å². The van der Waals surface area contributed by atoms with Crippen molar-refractivity contribution in [2.24, 2.45) is 7.05 Å². The average molecular weight is 420 g/mol. The molecule has 0 amide bonds. The Hall–Kier alpha value is -3.88. The van der Waals surface area contributed by atoms with Gasteiger partial charge in [-0.05, 0) is 23.1 Å². The van der Waals surface area contributed by atoms with Crippen LogP contribution in [0.25, 0.3) is 22.2 Å². The molecule has 0 unspecified atom stereocenters. The van der Waals surface area contributed by atoms with Crippen molar-refractivity contribution in [1.29, 1.82) is 0 Å². The molecule has 4 rings (SSSR count). The number of carbonyl (C=O) groups is 1. The highest BCUT2D eigenvalue weighted by molar-refractivity contribution is 6.00. The largest absolute Gasteiger partial charge is 0.480 e. The van der Waals surface area contributed by atoms with Gasteiger partial charge in [0.1, 0.15) is 11.5 Å². The molecule has 0 fully saturated rings. The second-order valence-corrected chi connectivity index (χ2v) is 8.27. The van der Waals surface area contributed by atoms with Crippen LogP contribution in [0.4, 0.5) is 16.3 Å². The van der Waals surface area contributed by atoms with E-state index in [-0.39, 0.29) is 5.41 Å². The number of anilines is 2. The first-order valence-corrected chi connectivity index (χ1v) is 9.74. The summed E-state index contributed by atoms with van der Waals surface area (Å²) in [5, 5.41) is 18.3. The zero-order valence-electron chi connectivity index (χ0n) is 18.0. The lowest BCUT2D eigenvalue weighted by Crippen LogP contribution is -2.15. The number of pyridine rings is 2. The zero-order chi connectivity index (χ0) is 22.3. The molecule has 0 spiro atoms. The molecular weight excluding hydrogens is 396 g/mol. The highest BCUT2D eigenvalue weighted by Crippen LogP contribution is 2.41. The Morgan fingerprint density at radius 1 is 1.23 bits per heavy atom. The van der Waals surface area contributed by atoms with E-state index >= 15 is 0 Å². The van der Waals surface area contributed by atoms with Crippen LogP contribution in [0.3, 0.4) is 0 Å². The van der Waals surface area contributed by atoms with Crippen LogP contribution >= 0.6 is 0 Å². The minimum absolute atomic E-state index is 0.326. The molecule has 2 N–H and O–H groups in total. The molecule has 0 aliphatic heterocycles. The Morgan fingerprint density at radius 3 is 2.61 bits per heavy atom. The van der Waals surface area contributed by atoms with Gasteiger partial charge in [-0.1, -0.05) is 20.8 Å². The minimum atomic E-state index is -1.07. The predicted octanol–water partition coefficient (Wildman–Crippen LogP) is 4.41. The maximum absolute atomic E-state index is 12.4. The summed E-state index contributed by atoms with van der Waals surface area (Å²) < 4.78 is 8.25. The maximum atomic E-state index is 12.4. The van der Waals surface area contributed by atoms with Crippen LogP contribution in [0.15, 0.2) is 43.0 Å². The number of hydrogen-bond acceptors (Lipinski definition) is 6. The number of hydrogen-bond donors (Lipinski definition) is 2. The third-order valence-electron chi connectivity index (χ3n) is 5.00. The number of aryl methyl sites for hydroxylation is 1. The van der Waals surface area contributed by atoms with Crippen LogP contribution in [-0.4, -0.2) is 42.6 Å². The third kappa shape index (κ3) is 3.58. The van der Waals surface area contributed by atoms with E-state index in [0.717, 1.165) is 16.5 Å². The number of aromatic nitrogens is 5. The summed E-state index contributed by atoms with van der Waals surface area (Å²) in [6.07, 6.45) is 5.76. The number of methoxy groups -OCH3 is 1. The summed E-state index contributed by atoms with van der Waals surface area (Å²) in [5.41, 5.74) is 3.07. The Balaban J connectivity index is 1.97. The van der Waals surface area contributed by atoms with Crippen LogP contribution in [0.5, 0.6) is 5.88 Å². The number of nitrogens with zero attached hydrogens (tertiary/aromatic N) is 5.